The van der Waals surface area contributed by atoms with E-state index >= 15 is 0 Å². The van der Waals surface area contributed by atoms with Crippen LogP contribution in [-0.2, 0) is 6.54 Å². The predicted molar refractivity (Wildman–Crippen MR) is 84.8 cm³/mol. The summed E-state index contributed by atoms with van der Waals surface area (Å²) < 4.78 is 12.8. The first-order chi connectivity index (χ1) is 10.9. The van der Waals surface area contributed by atoms with E-state index in [-0.39, 0.29) is 29.4 Å². The third-order valence-corrected chi connectivity index (χ3v) is 3.51. The first-order valence-corrected chi connectivity index (χ1v) is 7.69. The Kier molecular flexibility index (Phi) is 5.58. The molecule has 0 saturated heterocycles. The minimum Gasteiger partial charge on any atom is -0.336 e. The molecule has 3 amide bonds. The van der Waals surface area contributed by atoms with Gasteiger partial charge in [0.05, 0.1) is 6.54 Å². The Balaban J connectivity index is 1.89. The maximum atomic E-state index is 12.8. The lowest BCUT2D eigenvalue weighted by Gasteiger charge is -2.08. The molecule has 9 heteroatoms. The quantitative estimate of drug-likeness (QED) is 0.779. The predicted octanol–water partition coefficient (Wildman–Crippen LogP) is 2.14. The molecule has 0 aliphatic carbocycles. The van der Waals surface area contributed by atoms with Crippen molar-refractivity contribution in [3.63, 3.8) is 0 Å². The molecule has 122 valence electrons. The van der Waals surface area contributed by atoms with Crippen LogP contribution in [0.5, 0.6) is 0 Å². The number of amides is 3. The van der Waals surface area contributed by atoms with Gasteiger partial charge in [0.15, 0.2) is 0 Å². The van der Waals surface area contributed by atoms with Crippen LogP contribution in [0.25, 0.3) is 0 Å². The maximum Gasteiger partial charge on any atom is 0.315 e. The fourth-order valence-corrected chi connectivity index (χ4v) is 2.28. The number of hydrogen-bond donors (Lipinski definition) is 3. The van der Waals surface area contributed by atoms with Crippen LogP contribution in [0.2, 0.25) is 0 Å². The molecule has 23 heavy (non-hydrogen) atoms. The van der Waals surface area contributed by atoms with E-state index in [1.807, 2.05) is 13.8 Å². The van der Waals surface area contributed by atoms with Gasteiger partial charge >= 0.3 is 6.03 Å². The van der Waals surface area contributed by atoms with Gasteiger partial charge in [0.25, 0.3) is 5.91 Å². The third kappa shape index (κ3) is 5.29. The number of nitrogens with zero attached hydrogens (tertiary/aromatic N) is 2. The van der Waals surface area contributed by atoms with Gasteiger partial charge in [0, 0.05) is 11.7 Å². The van der Waals surface area contributed by atoms with Gasteiger partial charge in [0.1, 0.15) is 10.8 Å². The molecule has 0 spiro atoms. The van der Waals surface area contributed by atoms with Gasteiger partial charge in [-0.1, -0.05) is 11.3 Å². The van der Waals surface area contributed by atoms with Crippen LogP contribution in [0.15, 0.2) is 24.3 Å². The maximum absolute atomic E-state index is 12.8. The summed E-state index contributed by atoms with van der Waals surface area (Å²) >= 11 is 1.07. The summed E-state index contributed by atoms with van der Waals surface area (Å²) in [6.07, 6.45) is 0. The molecule has 0 aliphatic rings. The second kappa shape index (κ2) is 7.63. The van der Waals surface area contributed by atoms with E-state index in [1.54, 1.807) is 0 Å². The zero-order chi connectivity index (χ0) is 16.8. The number of urea groups is 1. The van der Waals surface area contributed by atoms with E-state index in [9.17, 15) is 14.0 Å². The lowest BCUT2D eigenvalue weighted by Crippen LogP contribution is -2.39. The fourth-order valence-electron chi connectivity index (χ4n) is 1.60. The molecule has 0 radical (unpaired) electrons. The highest BCUT2D eigenvalue weighted by Crippen LogP contribution is 2.13. The normalized spacial score (nSPS) is 10.4. The molecule has 7 nitrogen and oxygen atoms in total. The summed E-state index contributed by atoms with van der Waals surface area (Å²) in [6.45, 7) is 3.88. The smallest absolute Gasteiger partial charge is 0.315 e. The minimum absolute atomic E-state index is 0.0291. The van der Waals surface area contributed by atoms with Crippen LogP contribution < -0.4 is 16.0 Å². The SMILES string of the molecule is CC(C)NC(=O)NCc1nnc(C(=O)Nc2ccc(F)cc2)s1. The summed E-state index contributed by atoms with van der Waals surface area (Å²) in [4.78, 5) is 23.5. The monoisotopic (exact) mass is 337 g/mol. The molecular weight excluding hydrogens is 321 g/mol. The van der Waals surface area contributed by atoms with E-state index in [4.69, 9.17) is 0 Å². The van der Waals surface area contributed by atoms with Crippen molar-refractivity contribution < 1.29 is 14.0 Å². The Morgan fingerprint density at radius 3 is 2.57 bits per heavy atom. The third-order valence-electron chi connectivity index (χ3n) is 2.58. The second-order valence-corrected chi connectivity index (χ2v) is 6.01. The molecule has 0 saturated carbocycles. The van der Waals surface area contributed by atoms with Gasteiger partial charge < -0.3 is 16.0 Å². The molecule has 2 rings (SSSR count). The number of carbonyl (C=O) groups is 2. The number of anilines is 1. The van der Waals surface area contributed by atoms with Gasteiger partial charge in [0.2, 0.25) is 5.01 Å². The first kappa shape index (κ1) is 16.8. The highest BCUT2D eigenvalue weighted by Gasteiger charge is 2.13. The first-order valence-electron chi connectivity index (χ1n) is 6.87. The van der Waals surface area contributed by atoms with E-state index in [2.05, 4.69) is 26.1 Å². The molecule has 1 aromatic heterocycles. The lowest BCUT2D eigenvalue weighted by atomic mass is 10.3. The number of halogens is 1. The fraction of sp³-hybridized carbons (Fsp3) is 0.286. The Bertz CT molecular complexity index is 687. The number of rotatable bonds is 5. The zero-order valence-electron chi connectivity index (χ0n) is 12.6. The molecule has 3 N–H and O–H groups in total. The van der Waals surface area contributed by atoms with E-state index < -0.39 is 5.91 Å². The molecule has 0 unspecified atom stereocenters. The number of hydrogen-bond acceptors (Lipinski definition) is 5. The molecule has 0 atom stereocenters. The van der Waals surface area contributed by atoms with Crippen LogP contribution in [0.3, 0.4) is 0 Å². The summed E-state index contributed by atoms with van der Waals surface area (Å²) in [5.41, 5.74) is 0.461. The van der Waals surface area contributed by atoms with Crippen molar-refractivity contribution in [3.8, 4) is 0 Å². The van der Waals surface area contributed by atoms with Crippen molar-refractivity contribution in [1.82, 2.24) is 20.8 Å². The van der Waals surface area contributed by atoms with Crippen molar-refractivity contribution in [1.29, 1.82) is 0 Å². The van der Waals surface area contributed by atoms with Gasteiger partial charge in [-0.05, 0) is 38.1 Å². The Hall–Kier alpha value is -2.55. The van der Waals surface area contributed by atoms with Gasteiger partial charge in [-0.2, -0.15) is 0 Å². The number of carbonyl (C=O) groups excluding carboxylic acids is 2. The molecule has 1 aromatic carbocycles. The van der Waals surface area contributed by atoms with Gasteiger partial charge in [-0.3, -0.25) is 4.79 Å². The summed E-state index contributed by atoms with van der Waals surface area (Å²) in [5, 5.41) is 16.2. The number of benzene rings is 1. The number of nitrogens with one attached hydrogen (secondary N) is 3. The van der Waals surface area contributed by atoms with Crippen molar-refractivity contribution in [2.45, 2.75) is 26.4 Å². The van der Waals surface area contributed by atoms with Crippen molar-refractivity contribution in [2.75, 3.05) is 5.32 Å². The van der Waals surface area contributed by atoms with Crippen molar-refractivity contribution in [2.24, 2.45) is 0 Å². The van der Waals surface area contributed by atoms with E-state index in [0.29, 0.717) is 10.7 Å². The van der Waals surface area contributed by atoms with Crippen LogP contribution in [0.4, 0.5) is 14.9 Å². The average Bonchev–Trinajstić information content (AvgIpc) is 2.96. The molecule has 1 heterocycles. The van der Waals surface area contributed by atoms with Crippen LogP contribution in [0, 0.1) is 5.82 Å². The largest absolute Gasteiger partial charge is 0.336 e. The topological polar surface area (TPSA) is 96.0 Å². The van der Waals surface area contributed by atoms with E-state index in [1.165, 1.54) is 24.3 Å². The molecule has 2 aromatic rings. The zero-order valence-corrected chi connectivity index (χ0v) is 13.4. The lowest BCUT2D eigenvalue weighted by molar-refractivity contribution is 0.102. The summed E-state index contributed by atoms with van der Waals surface area (Å²) in [5.74, 6) is -0.820. The van der Waals surface area contributed by atoms with E-state index in [0.717, 1.165) is 11.3 Å². The Morgan fingerprint density at radius 2 is 1.91 bits per heavy atom. The highest BCUT2D eigenvalue weighted by atomic mass is 32.1. The molecule has 0 fully saturated rings. The van der Waals surface area contributed by atoms with Crippen molar-refractivity contribution >= 4 is 29.0 Å². The Morgan fingerprint density at radius 1 is 1.22 bits per heavy atom. The molecule has 0 aliphatic heterocycles. The van der Waals surface area contributed by atoms with Crippen LogP contribution in [0.1, 0.15) is 28.7 Å². The average molecular weight is 337 g/mol. The van der Waals surface area contributed by atoms with Crippen LogP contribution in [-0.4, -0.2) is 28.2 Å². The molecular formula is C14H16FN5O2S. The van der Waals surface area contributed by atoms with Gasteiger partial charge in [-0.25, -0.2) is 9.18 Å². The number of aromatic nitrogens is 2. The minimum atomic E-state index is -0.438. The Labute approximate surface area is 136 Å². The highest BCUT2D eigenvalue weighted by molar-refractivity contribution is 7.13. The van der Waals surface area contributed by atoms with Gasteiger partial charge in [-0.15, -0.1) is 10.2 Å². The molecule has 0 bridgehead atoms. The van der Waals surface area contributed by atoms with Crippen molar-refractivity contribution in [3.05, 3.63) is 40.1 Å². The summed E-state index contributed by atoms with van der Waals surface area (Å²) in [7, 11) is 0. The van der Waals surface area contributed by atoms with Crippen LogP contribution >= 0.6 is 11.3 Å². The second-order valence-electron chi connectivity index (χ2n) is 4.94. The summed E-state index contributed by atoms with van der Waals surface area (Å²) in [6, 6.07) is 5.12. The standard InChI is InChI=1S/C14H16FN5O2S/c1-8(2)17-14(22)16-7-11-19-20-13(23-11)12(21)18-10-5-3-9(15)4-6-10/h3-6,8H,7H2,1-2H3,(H,18,21)(H2,16,17,22).